The number of nitrogens with one attached hydrogen (secondary N) is 2. The Kier molecular flexibility index (Phi) is 33.2. The van der Waals surface area contributed by atoms with Gasteiger partial charge < -0.3 is 49.6 Å². The van der Waals surface area contributed by atoms with Crippen LogP contribution in [0.2, 0.25) is 0 Å². The van der Waals surface area contributed by atoms with Crippen LogP contribution in [0.4, 0.5) is 25.8 Å². The number of amides is 5. The normalized spacial score (nSPS) is 29.5. The van der Waals surface area contributed by atoms with Gasteiger partial charge in [-0.2, -0.15) is 0 Å². The minimum atomic E-state index is -0.885. The number of hydrogen-bond acceptors (Lipinski definition) is 13. The highest BCUT2D eigenvalue weighted by molar-refractivity contribution is 6.28. The maximum absolute atomic E-state index is 12.2. The number of hydrogen-bond donors (Lipinski definition) is 6. The molecular formula is C69H104N4O14. The van der Waals surface area contributed by atoms with Gasteiger partial charge in [0.25, 0.3) is 11.8 Å². The largest absolute Gasteiger partial charge is 0.480 e. The number of allylic oxidation sites excluding steroid dienone is 9. The average Bonchev–Trinajstić information content (AvgIpc) is 3.80. The average molecular weight is 1210 g/mol. The molecule has 0 bridgehead atoms. The topological polar surface area (TPSA) is 251 Å². The zero-order valence-corrected chi connectivity index (χ0v) is 52.9. The molecule has 0 spiro atoms. The molecule has 6 N–H and O–H groups in total. The first-order valence-corrected chi connectivity index (χ1v) is 32.0. The van der Waals surface area contributed by atoms with Gasteiger partial charge in [0.05, 0.1) is 35.6 Å². The lowest BCUT2D eigenvalue weighted by Gasteiger charge is -2.30. The van der Waals surface area contributed by atoms with E-state index in [-0.39, 0.29) is 54.5 Å². The molecule has 1 fully saturated rings. The number of nitrogens with zero attached hydrogens (tertiary/aromatic N) is 2. The van der Waals surface area contributed by atoms with Crippen molar-refractivity contribution in [3.8, 4) is 0 Å². The van der Waals surface area contributed by atoms with Crippen LogP contribution in [-0.2, 0) is 33.3 Å². The summed E-state index contributed by atoms with van der Waals surface area (Å²) in [7, 11) is 0. The summed E-state index contributed by atoms with van der Waals surface area (Å²) in [6, 6.07) is 6.62. The Balaban J connectivity index is 0.000000233. The molecule has 3 heterocycles. The van der Waals surface area contributed by atoms with E-state index in [0.717, 1.165) is 140 Å². The number of carboxylic acid groups (broad SMARTS) is 1. The Bertz CT molecular complexity index is 2450. The number of fused-ring (bicyclic) bond motifs is 1. The van der Waals surface area contributed by atoms with Crippen LogP contribution >= 0.6 is 0 Å². The number of alkyl carbamates (subject to hydrolysis) is 1. The van der Waals surface area contributed by atoms with Gasteiger partial charge in [0, 0.05) is 30.9 Å². The monoisotopic (exact) mass is 1210 g/mol. The molecule has 1 aromatic carbocycles. The van der Waals surface area contributed by atoms with Gasteiger partial charge in [-0.3, -0.25) is 14.9 Å². The standard InChI is InChI=1S/C20H22N2O4.C12H21NO2.C11H18O3.C9H13NO2.C9H16O.C8H14O2/c1-20(13-5-3-2-4-6-14-20)26-19(25)21-15-7-9-16(10-8-15)22-17(23)11-12-18(22)24;1-12(2,3)15-11(14)13-9-7-5-4-6-8-10-13;1-11(14-9-10(12)13)7-5-3-2-4-6-8-11;11-9-10-7-5-3-1-2-4-6-8(7)12-9;1-8-6-4-2-3-5-7-9(8)10;9-7-5-3-1-2-4-6-8(7)10/h2-3,7-12H,4-6,13-14H2,1H3,(H,21,25);4-5H,6-10H2,1-3H3;2-3H,4-9H2,1H3,(H,12,13);3,5,7-8H,1-2,4,6H2,(H,10,11);4,6,8-10H,2-3,5,7H2,1H3;1-2,7-10H,3-6H2/b3-2+;5-4+;3-2+;5-3+;6-4+;2-1+/t;;;7-,8-;8-,9-;7-,8-/m...101/s1. The summed E-state index contributed by atoms with van der Waals surface area (Å²) in [5.41, 5.74) is -0.115. The lowest BCUT2D eigenvalue weighted by Crippen LogP contribution is -2.38. The number of carbonyl (C=O) groups is 6. The van der Waals surface area contributed by atoms with E-state index < -0.39 is 35.5 Å². The number of benzene rings is 1. The van der Waals surface area contributed by atoms with Crippen molar-refractivity contribution in [3.63, 3.8) is 0 Å². The number of imide groups is 1. The van der Waals surface area contributed by atoms with Crippen LogP contribution in [0.3, 0.4) is 0 Å². The van der Waals surface area contributed by atoms with Gasteiger partial charge in [0.15, 0.2) is 0 Å². The van der Waals surface area contributed by atoms with E-state index in [1.165, 1.54) is 37.8 Å². The van der Waals surface area contributed by atoms with Crippen molar-refractivity contribution in [2.75, 3.05) is 29.9 Å². The Morgan fingerprint density at radius 1 is 0.621 bits per heavy atom. The molecule has 484 valence electrons. The number of ether oxygens (including phenoxy) is 4. The zero-order valence-electron chi connectivity index (χ0n) is 52.9. The van der Waals surface area contributed by atoms with Crippen LogP contribution in [-0.4, -0.2) is 128 Å². The lowest BCUT2D eigenvalue weighted by molar-refractivity contribution is -0.150. The van der Waals surface area contributed by atoms with E-state index in [1.54, 1.807) is 29.2 Å². The van der Waals surface area contributed by atoms with Crippen molar-refractivity contribution in [1.82, 2.24) is 10.2 Å². The van der Waals surface area contributed by atoms with Gasteiger partial charge in [0.1, 0.15) is 23.9 Å². The van der Waals surface area contributed by atoms with Gasteiger partial charge in [-0.05, 0) is 219 Å². The van der Waals surface area contributed by atoms with Gasteiger partial charge in [-0.25, -0.2) is 24.1 Å². The third kappa shape index (κ3) is 30.4. The number of anilines is 2. The molecule has 0 saturated carbocycles. The fraction of sp³-hybridized carbons (Fsp3) is 0.623. The van der Waals surface area contributed by atoms with Crippen molar-refractivity contribution in [2.24, 2.45) is 5.92 Å². The zero-order chi connectivity index (χ0) is 63.5. The Labute approximate surface area is 518 Å². The SMILES string of the molecule is CC(C)(C)OC(=O)N1CC/C=C/CCC1.CC1(OC(=O)Nc2ccc(N3C(=O)C=CC3=O)cc2)CC/C=C/CCC1.CC1(OCC(=O)O)CC/C=C/CCC1.C[C@H]1/C=C/CCCC[C@@H]1O.O=C1N[C@@H]2/C=C/CCCC[C@H]2O1.O[C@@H]1CC/C=C/CC[C@H]1O. The van der Waals surface area contributed by atoms with Crippen LogP contribution in [0.15, 0.2) is 109 Å². The summed E-state index contributed by atoms with van der Waals surface area (Å²) in [5, 5.41) is 41.9. The second kappa shape index (κ2) is 39.5. The van der Waals surface area contributed by atoms with Crippen molar-refractivity contribution < 1.29 is 68.1 Å². The molecule has 5 amide bonds. The maximum atomic E-state index is 12.2. The summed E-state index contributed by atoms with van der Waals surface area (Å²) < 4.78 is 21.5. The predicted molar refractivity (Wildman–Crippen MR) is 341 cm³/mol. The molecule has 1 saturated heterocycles. The quantitative estimate of drug-likeness (QED) is 0.0881. The van der Waals surface area contributed by atoms with E-state index in [1.807, 2.05) is 34.6 Å². The maximum Gasteiger partial charge on any atom is 0.412 e. The van der Waals surface area contributed by atoms with Crippen LogP contribution < -0.4 is 15.5 Å². The highest BCUT2D eigenvalue weighted by Crippen LogP contribution is 2.30. The van der Waals surface area contributed by atoms with E-state index >= 15 is 0 Å². The molecule has 1 aromatic rings. The molecule has 3 aliphatic heterocycles. The second-order valence-corrected chi connectivity index (χ2v) is 24.9. The van der Waals surface area contributed by atoms with Gasteiger partial charge >= 0.3 is 24.2 Å². The third-order valence-corrected chi connectivity index (χ3v) is 15.8. The fourth-order valence-electron chi connectivity index (χ4n) is 10.6. The highest BCUT2D eigenvalue weighted by atomic mass is 16.6. The number of aliphatic carboxylic acids is 1. The summed E-state index contributed by atoms with van der Waals surface area (Å²) in [4.78, 5) is 71.5. The third-order valence-electron chi connectivity index (χ3n) is 15.8. The first-order chi connectivity index (χ1) is 41.5. The fourth-order valence-corrected chi connectivity index (χ4v) is 10.6. The minimum Gasteiger partial charge on any atom is -0.480 e. The number of aliphatic hydroxyl groups is 3. The smallest absolute Gasteiger partial charge is 0.412 e. The first kappa shape index (κ1) is 73.1. The molecule has 0 radical (unpaired) electrons. The molecule has 2 unspecified atom stereocenters. The van der Waals surface area contributed by atoms with E-state index in [2.05, 4.69) is 90.5 Å². The molecular weight excluding hydrogens is 1110 g/mol. The molecule has 18 nitrogen and oxygen atoms in total. The summed E-state index contributed by atoms with van der Waals surface area (Å²) in [5.74, 6) is -1.27. The number of aliphatic hydroxyl groups excluding tert-OH is 3. The summed E-state index contributed by atoms with van der Waals surface area (Å²) >= 11 is 0. The van der Waals surface area contributed by atoms with Crippen molar-refractivity contribution in [1.29, 1.82) is 0 Å². The first-order valence-electron chi connectivity index (χ1n) is 32.0. The molecule has 18 heteroatoms. The highest BCUT2D eigenvalue weighted by Gasteiger charge is 2.33. The molecule has 8 aliphatic rings. The Morgan fingerprint density at radius 3 is 1.76 bits per heavy atom. The van der Waals surface area contributed by atoms with Gasteiger partial charge in [-0.15, -0.1) is 0 Å². The Morgan fingerprint density at radius 2 is 1.15 bits per heavy atom. The Hall–Kier alpha value is -6.34. The molecule has 9 rings (SSSR count). The number of carbonyl (C=O) groups excluding carboxylic acids is 5. The van der Waals surface area contributed by atoms with Crippen molar-refractivity contribution in [3.05, 3.63) is 109 Å². The predicted octanol–water partition coefficient (Wildman–Crippen LogP) is 13.8. The van der Waals surface area contributed by atoms with Crippen LogP contribution in [0, 0.1) is 5.92 Å². The summed E-state index contributed by atoms with van der Waals surface area (Å²) in [6.07, 6.45) is 50.8. The second-order valence-electron chi connectivity index (χ2n) is 24.9. The van der Waals surface area contributed by atoms with Crippen molar-refractivity contribution in [2.45, 2.75) is 249 Å². The van der Waals surface area contributed by atoms with E-state index in [9.17, 15) is 44.1 Å². The molecule has 0 aromatic heterocycles. The van der Waals surface area contributed by atoms with Crippen molar-refractivity contribution >= 4 is 47.4 Å². The molecule has 5 aliphatic carbocycles. The summed E-state index contributed by atoms with van der Waals surface area (Å²) in [6.45, 7) is 13.1. The van der Waals surface area contributed by atoms with Crippen LogP contribution in [0.25, 0.3) is 0 Å². The number of rotatable bonds is 6. The molecule has 8 atom stereocenters. The van der Waals surface area contributed by atoms with Crippen LogP contribution in [0.1, 0.15) is 202 Å². The van der Waals surface area contributed by atoms with Gasteiger partial charge in [-0.1, -0.05) is 86.3 Å². The number of carboxylic acids is 1. The minimum absolute atomic E-state index is 0.0778. The van der Waals surface area contributed by atoms with E-state index in [0.29, 0.717) is 30.1 Å². The van der Waals surface area contributed by atoms with E-state index in [4.69, 9.17) is 24.1 Å². The van der Waals surface area contributed by atoms with Crippen LogP contribution in [0.5, 0.6) is 0 Å². The van der Waals surface area contributed by atoms with Gasteiger partial charge in [0.2, 0.25) is 0 Å². The lowest BCUT2D eigenvalue weighted by atomic mass is 9.91. The molecule has 87 heavy (non-hydrogen) atoms.